The van der Waals surface area contributed by atoms with Crippen molar-refractivity contribution in [1.82, 2.24) is 14.7 Å². The Morgan fingerprint density at radius 1 is 1.17 bits per heavy atom. The number of aryl methyl sites for hydroxylation is 1. The first-order chi connectivity index (χ1) is 11.5. The summed E-state index contributed by atoms with van der Waals surface area (Å²) in [5.74, 6) is 0.00779. The smallest absolute Gasteiger partial charge is 0.224 e. The molecule has 1 heterocycles. The van der Waals surface area contributed by atoms with Gasteiger partial charge in [0.05, 0.1) is 0 Å². The summed E-state index contributed by atoms with van der Waals surface area (Å²) in [6, 6.07) is 7.95. The van der Waals surface area contributed by atoms with Crippen LogP contribution in [0, 0.1) is 6.92 Å². The van der Waals surface area contributed by atoms with Gasteiger partial charge in [0.2, 0.25) is 18.2 Å². The predicted octanol–water partition coefficient (Wildman–Crippen LogP) is 1.03. The highest BCUT2D eigenvalue weighted by molar-refractivity contribution is 5.78. The summed E-state index contributed by atoms with van der Waals surface area (Å²) in [6.07, 6.45) is 1.13. The molecule has 0 radical (unpaired) electrons. The molecule has 1 aromatic rings. The fourth-order valence-electron chi connectivity index (χ4n) is 2.81. The fourth-order valence-corrected chi connectivity index (χ4v) is 2.81. The number of carbonyl (C=O) groups excluding carboxylic acids is 3. The standard InChI is InChI=1S/C18H25N3O3/c1-15-5-3-4-6-17(15)13-21(16(2)23)8-7-18(24)20-11-9-19(14-22)10-12-20/h3-6,14H,7-13H2,1-2H3. The number of rotatable bonds is 6. The number of benzene rings is 1. The first-order valence-corrected chi connectivity index (χ1v) is 8.28. The molecule has 3 amide bonds. The molecule has 2 rings (SSSR count). The van der Waals surface area contributed by atoms with Crippen LogP contribution in [-0.2, 0) is 20.9 Å². The molecule has 6 heteroatoms. The van der Waals surface area contributed by atoms with E-state index in [0.717, 1.165) is 17.5 Å². The van der Waals surface area contributed by atoms with Crippen LogP contribution < -0.4 is 0 Å². The molecular weight excluding hydrogens is 306 g/mol. The van der Waals surface area contributed by atoms with Crippen molar-refractivity contribution in [1.29, 1.82) is 0 Å². The molecule has 1 saturated heterocycles. The highest BCUT2D eigenvalue weighted by atomic mass is 16.2. The molecule has 0 bridgehead atoms. The molecule has 0 spiro atoms. The largest absolute Gasteiger partial charge is 0.342 e. The summed E-state index contributed by atoms with van der Waals surface area (Å²) >= 11 is 0. The Kier molecular flexibility index (Phi) is 6.35. The van der Waals surface area contributed by atoms with Gasteiger partial charge in [-0.3, -0.25) is 14.4 Å². The van der Waals surface area contributed by atoms with Crippen molar-refractivity contribution in [3.8, 4) is 0 Å². The first kappa shape index (κ1) is 18.0. The average Bonchev–Trinajstić information content (AvgIpc) is 2.59. The topological polar surface area (TPSA) is 60.9 Å². The molecule has 1 fully saturated rings. The van der Waals surface area contributed by atoms with E-state index >= 15 is 0 Å². The Morgan fingerprint density at radius 3 is 2.42 bits per heavy atom. The molecule has 0 saturated carbocycles. The van der Waals surface area contributed by atoms with Crippen LogP contribution in [0.1, 0.15) is 24.5 Å². The Morgan fingerprint density at radius 2 is 1.83 bits per heavy atom. The normalized spacial score (nSPS) is 14.4. The van der Waals surface area contributed by atoms with E-state index in [-0.39, 0.29) is 11.8 Å². The number of carbonyl (C=O) groups is 3. The molecule has 6 nitrogen and oxygen atoms in total. The van der Waals surface area contributed by atoms with Crippen LogP contribution >= 0.6 is 0 Å². The number of hydrogen-bond donors (Lipinski definition) is 0. The van der Waals surface area contributed by atoms with Gasteiger partial charge in [0.15, 0.2) is 0 Å². The molecule has 0 atom stereocenters. The number of nitrogens with zero attached hydrogens (tertiary/aromatic N) is 3. The molecule has 0 aliphatic carbocycles. The molecule has 130 valence electrons. The molecule has 0 N–H and O–H groups in total. The van der Waals surface area contributed by atoms with Crippen LogP contribution in [-0.4, -0.2) is 65.6 Å². The SMILES string of the molecule is CC(=O)N(CCC(=O)N1CCN(C=O)CC1)Cc1ccccc1C. The minimum absolute atomic E-state index is 0.0307. The van der Waals surface area contributed by atoms with Gasteiger partial charge in [-0.15, -0.1) is 0 Å². The van der Waals surface area contributed by atoms with E-state index < -0.39 is 0 Å². The van der Waals surface area contributed by atoms with Crippen LogP contribution in [0.25, 0.3) is 0 Å². The van der Waals surface area contributed by atoms with Gasteiger partial charge in [-0.05, 0) is 18.1 Å². The minimum atomic E-state index is -0.0307. The summed E-state index contributed by atoms with van der Waals surface area (Å²) in [4.78, 5) is 40.1. The third kappa shape index (κ3) is 4.81. The maximum atomic E-state index is 12.3. The third-order valence-electron chi connectivity index (χ3n) is 4.48. The zero-order valence-electron chi connectivity index (χ0n) is 14.4. The zero-order valence-corrected chi connectivity index (χ0v) is 14.4. The number of amides is 3. The summed E-state index contributed by atoms with van der Waals surface area (Å²) in [6.45, 7) is 6.77. The van der Waals surface area contributed by atoms with E-state index in [9.17, 15) is 14.4 Å². The molecule has 0 unspecified atom stereocenters. The molecule has 24 heavy (non-hydrogen) atoms. The Bertz CT molecular complexity index is 595. The van der Waals surface area contributed by atoms with E-state index in [1.807, 2.05) is 31.2 Å². The van der Waals surface area contributed by atoms with Gasteiger partial charge >= 0.3 is 0 Å². The van der Waals surface area contributed by atoms with Gasteiger partial charge in [0.25, 0.3) is 0 Å². The first-order valence-electron chi connectivity index (χ1n) is 8.28. The highest BCUT2D eigenvalue weighted by Gasteiger charge is 2.21. The zero-order chi connectivity index (χ0) is 17.5. The minimum Gasteiger partial charge on any atom is -0.342 e. The van der Waals surface area contributed by atoms with Crippen molar-refractivity contribution >= 4 is 18.2 Å². The maximum absolute atomic E-state index is 12.3. The van der Waals surface area contributed by atoms with Crippen LogP contribution in [0.3, 0.4) is 0 Å². The summed E-state index contributed by atoms with van der Waals surface area (Å²) in [7, 11) is 0. The second-order valence-corrected chi connectivity index (χ2v) is 6.14. The number of hydrogen-bond acceptors (Lipinski definition) is 3. The van der Waals surface area contributed by atoms with Crippen LogP contribution in [0.15, 0.2) is 24.3 Å². The van der Waals surface area contributed by atoms with E-state index in [1.165, 1.54) is 6.92 Å². The lowest BCUT2D eigenvalue weighted by Gasteiger charge is -2.33. The van der Waals surface area contributed by atoms with Crippen LogP contribution in [0.5, 0.6) is 0 Å². The van der Waals surface area contributed by atoms with Crippen molar-refractivity contribution in [2.45, 2.75) is 26.8 Å². The second-order valence-electron chi connectivity index (χ2n) is 6.14. The fraction of sp³-hybridized carbons (Fsp3) is 0.500. The summed E-state index contributed by atoms with van der Waals surface area (Å²) in [5.41, 5.74) is 2.24. The van der Waals surface area contributed by atoms with Gasteiger partial charge in [-0.25, -0.2) is 0 Å². The monoisotopic (exact) mass is 331 g/mol. The molecule has 1 aliphatic rings. The van der Waals surface area contributed by atoms with E-state index in [1.54, 1.807) is 14.7 Å². The summed E-state index contributed by atoms with van der Waals surface area (Å²) in [5, 5.41) is 0. The maximum Gasteiger partial charge on any atom is 0.224 e. The molecule has 0 aromatic heterocycles. The van der Waals surface area contributed by atoms with E-state index in [4.69, 9.17) is 0 Å². The third-order valence-corrected chi connectivity index (χ3v) is 4.48. The highest BCUT2D eigenvalue weighted by Crippen LogP contribution is 2.12. The lowest BCUT2D eigenvalue weighted by molar-refractivity contribution is -0.136. The van der Waals surface area contributed by atoms with Gasteiger partial charge < -0.3 is 14.7 Å². The quantitative estimate of drug-likeness (QED) is 0.732. The van der Waals surface area contributed by atoms with Gasteiger partial charge in [0.1, 0.15) is 0 Å². The predicted molar refractivity (Wildman–Crippen MR) is 91.1 cm³/mol. The van der Waals surface area contributed by atoms with Gasteiger partial charge in [0, 0.05) is 52.6 Å². The molecular formula is C18H25N3O3. The lowest BCUT2D eigenvalue weighted by atomic mass is 10.1. The van der Waals surface area contributed by atoms with E-state index in [0.29, 0.717) is 45.7 Å². The molecule has 1 aromatic carbocycles. The lowest BCUT2D eigenvalue weighted by Crippen LogP contribution is -2.48. The van der Waals surface area contributed by atoms with Crippen molar-refractivity contribution in [2.75, 3.05) is 32.7 Å². The summed E-state index contributed by atoms with van der Waals surface area (Å²) < 4.78 is 0. The second kappa shape index (κ2) is 8.47. The van der Waals surface area contributed by atoms with Crippen molar-refractivity contribution in [3.63, 3.8) is 0 Å². The Hall–Kier alpha value is -2.37. The van der Waals surface area contributed by atoms with Crippen molar-refractivity contribution in [3.05, 3.63) is 35.4 Å². The average molecular weight is 331 g/mol. The van der Waals surface area contributed by atoms with Crippen molar-refractivity contribution in [2.24, 2.45) is 0 Å². The van der Waals surface area contributed by atoms with Crippen molar-refractivity contribution < 1.29 is 14.4 Å². The van der Waals surface area contributed by atoms with Crippen LogP contribution in [0.2, 0.25) is 0 Å². The molecule has 1 aliphatic heterocycles. The van der Waals surface area contributed by atoms with Gasteiger partial charge in [-0.1, -0.05) is 24.3 Å². The Balaban J connectivity index is 1.87. The Labute approximate surface area is 143 Å². The van der Waals surface area contributed by atoms with Gasteiger partial charge in [-0.2, -0.15) is 0 Å². The van der Waals surface area contributed by atoms with Crippen LogP contribution in [0.4, 0.5) is 0 Å². The number of piperazine rings is 1. The van der Waals surface area contributed by atoms with E-state index in [2.05, 4.69) is 0 Å².